The molecule has 0 radical (unpaired) electrons. The summed E-state index contributed by atoms with van der Waals surface area (Å²) in [5.74, 6) is -0.532. The van der Waals surface area contributed by atoms with Crippen LogP contribution in [0.15, 0.2) is 76.3 Å². The second kappa shape index (κ2) is 11.4. The van der Waals surface area contributed by atoms with Crippen molar-refractivity contribution in [3.05, 3.63) is 88.0 Å². The lowest BCUT2D eigenvalue weighted by Gasteiger charge is -2.37. The van der Waals surface area contributed by atoms with Gasteiger partial charge in [0.2, 0.25) is 5.91 Å². The molecule has 0 fully saturated rings. The Morgan fingerprint density at radius 3 is 2.66 bits per heavy atom. The second-order valence-electron chi connectivity index (χ2n) is 8.18. The normalized spacial score (nSPS) is 17.0. The molecule has 1 N–H and O–H groups in total. The van der Waals surface area contributed by atoms with Gasteiger partial charge in [0.25, 0.3) is 0 Å². The van der Waals surface area contributed by atoms with Crippen molar-refractivity contribution in [1.29, 1.82) is 0 Å². The number of benzene rings is 2. The largest absolute Gasteiger partial charge is 0.463 e. The Labute approximate surface area is 209 Å². The number of thioether (sulfide) groups is 1. The first-order chi connectivity index (χ1) is 17.0. The highest BCUT2D eigenvalue weighted by Crippen LogP contribution is 2.47. The predicted octanol–water partition coefficient (Wildman–Crippen LogP) is 4.42. The Morgan fingerprint density at radius 2 is 1.94 bits per heavy atom. The molecule has 0 aromatic heterocycles. The molecule has 2 aliphatic heterocycles. The maximum atomic E-state index is 13.4. The topological polar surface area (TPSA) is 80.2 Å². The maximum absolute atomic E-state index is 13.4. The van der Waals surface area contributed by atoms with Gasteiger partial charge in [0.15, 0.2) is 5.17 Å². The standard InChI is InChI=1S/C27H29N3O4S/c1-4-34-26(32)23-24(19-10-6-5-7-11-19)29-27-30(25(23)20-12-8-9-18(2)15-20)21(17-35-27)16-22(31)28-13-14-33-3/h5-12,15,17,25H,4,13-14,16H2,1-3H3,(H,28,31)/t25-/m0/s1. The van der Waals surface area contributed by atoms with Gasteiger partial charge in [-0.15, -0.1) is 0 Å². The van der Waals surface area contributed by atoms with Crippen molar-refractivity contribution < 1.29 is 19.1 Å². The number of nitrogens with one attached hydrogen (secondary N) is 1. The van der Waals surface area contributed by atoms with Crippen molar-refractivity contribution in [2.24, 2.45) is 4.99 Å². The van der Waals surface area contributed by atoms with Crippen molar-refractivity contribution in [3.63, 3.8) is 0 Å². The number of esters is 1. The summed E-state index contributed by atoms with van der Waals surface area (Å²) in [4.78, 5) is 33.0. The fraction of sp³-hybridized carbons (Fsp3) is 0.296. The van der Waals surface area contributed by atoms with Crippen molar-refractivity contribution in [3.8, 4) is 0 Å². The first kappa shape index (κ1) is 24.8. The van der Waals surface area contributed by atoms with Gasteiger partial charge in [-0.1, -0.05) is 71.9 Å². The van der Waals surface area contributed by atoms with Gasteiger partial charge in [-0.05, 0) is 24.8 Å². The van der Waals surface area contributed by atoms with E-state index < -0.39 is 12.0 Å². The number of carbonyl (C=O) groups is 2. The molecule has 2 aliphatic rings. The molecule has 182 valence electrons. The van der Waals surface area contributed by atoms with E-state index in [0.717, 1.165) is 27.6 Å². The number of hydrogen-bond donors (Lipinski definition) is 1. The molecule has 2 aromatic carbocycles. The first-order valence-corrected chi connectivity index (χ1v) is 12.4. The number of ether oxygens (including phenoxy) is 2. The molecule has 2 heterocycles. The van der Waals surface area contributed by atoms with Crippen LogP contribution in [0.2, 0.25) is 0 Å². The maximum Gasteiger partial charge on any atom is 0.338 e. The van der Waals surface area contributed by atoms with E-state index in [1.54, 1.807) is 14.0 Å². The fourth-order valence-electron chi connectivity index (χ4n) is 4.16. The van der Waals surface area contributed by atoms with Crippen LogP contribution in [0, 0.1) is 6.92 Å². The van der Waals surface area contributed by atoms with E-state index >= 15 is 0 Å². The Morgan fingerprint density at radius 1 is 1.14 bits per heavy atom. The highest BCUT2D eigenvalue weighted by Gasteiger charge is 2.42. The Bertz CT molecular complexity index is 1190. The van der Waals surface area contributed by atoms with E-state index in [4.69, 9.17) is 14.5 Å². The van der Waals surface area contributed by atoms with Gasteiger partial charge < -0.3 is 19.7 Å². The minimum Gasteiger partial charge on any atom is -0.463 e. The molecule has 1 atom stereocenters. The highest BCUT2D eigenvalue weighted by molar-refractivity contribution is 8.16. The first-order valence-electron chi connectivity index (χ1n) is 11.6. The lowest BCUT2D eigenvalue weighted by Crippen LogP contribution is -2.38. The molecular weight excluding hydrogens is 462 g/mol. The minimum absolute atomic E-state index is 0.117. The molecule has 0 bridgehead atoms. The molecule has 7 nitrogen and oxygen atoms in total. The van der Waals surface area contributed by atoms with E-state index in [1.807, 2.05) is 65.8 Å². The summed E-state index contributed by atoms with van der Waals surface area (Å²) in [5, 5.41) is 5.54. The molecule has 0 saturated carbocycles. The van der Waals surface area contributed by atoms with Crippen molar-refractivity contribution >= 4 is 34.5 Å². The zero-order valence-electron chi connectivity index (χ0n) is 20.1. The van der Waals surface area contributed by atoms with Crippen molar-refractivity contribution in [2.45, 2.75) is 26.3 Å². The number of aliphatic imine (C=N–C) groups is 1. The third kappa shape index (κ3) is 5.49. The summed E-state index contributed by atoms with van der Waals surface area (Å²) in [7, 11) is 1.60. The molecule has 35 heavy (non-hydrogen) atoms. The van der Waals surface area contributed by atoms with Crippen LogP contribution in [0.1, 0.15) is 36.1 Å². The Balaban J connectivity index is 1.81. The SMILES string of the molecule is CCOC(=O)C1=C(c2ccccc2)N=C2SC=C(CC(=O)NCCOC)N2[C@H]1c1cccc(C)c1. The van der Waals surface area contributed by atoms with Gasteiger partial charge in [0.05, 0.1) is 36.9 Å². The molecule has 8 heteroatoms. The van der Waals surface area contributed by atoms with Gasteiger partial charge in [0, 0.05) is 24.9 Å². The van der Waals surface area contributed by atoms with Crippen LogP contribution in [0.5, 0.6) is 0 Å². The van der Waals surface area contributed by atoms with Crippen LogP contribution in [-0.4, -0.2) is 48.8 Å². The molecule has 0 saturated heterocycles. The van der Waals surface area contributed by atoms with E-state index in [2.05, 4.69) is 11.4 Å². The van der Waals surface area contributed by atoms with Crippen LogP contribution < -0.4 is 5.32 Å². The van der Waals surface area contributed by atoms with Gasteiger partial charge >= 0.3 is 5.97 Å². The van der Waals surface area contributed by atoms with Gasteiger partial charge in [-0.25, -0.2) is 9.79 Å². The Kier molecular flexibility index (Phi) is 8.05. The number of methoxy groups -OCH3 is 1. The minimum atomic E-state index is -0.482. The van der Waals surface area contributed by atoms with Crippen molar-refractivity contribution in [2.75, 3.05) is 26.9 Å². The summed E-state index contributed by atoms with van der Waals surface area (Å²) in [6, 6.07) is 17.3. The highest BCUT2D eigenvalue weighted by atomic mass is 32.2. The molecule has 1 amide bonds. The van der Waals surface area contributed by atoms with Gasteiger partial charge in [0.1, 0.15) is 0 Å². The van der Waals surface area contributed by atoms with Gasteiger partial charge in [-0.2, -0.15) is 0 Å². The number of amides is 1. The number of aryl methyl sites for hydroxylation is 1. The molecule has 2 aromatic rings. The van der Waals surface area contributed by atoms with Crippen LogP contribution >= 0.6 is 11.8 Å². The van der Waals surface area contributed by atoms with Gasteiger partial charge in [-0.3, -0.25) is 4.79 Å². The quantitative estimate of drug-likeness (QED) is 0.413. The Hall–Kier alpha value is -3.36. The number of nitrogens with zero attached hydrogens (tertiary/aromatic N) is 2. The smallest absolute Gasteiger partial charge is 0.338 e. The van der Waals surface area contributed by atoms with Crippen LogP contribution in [-0.2, 0) is 19.1 Å². The average Bonchev–Trinajstić information content (AvgIpc) is 3.26. The molecule has 0 unspecified atom stereocenters. The summed E-state index contributed by atoms with van der Waals surface area (Å²) in [6.45, 7) is 4.94. The number of carbonyl (C=O) groups excluding carboxylic acids is 2. The van der Waals surface area contributed by atoms with Crippen LogP contribution in [0.25, 0.3) is 5.70 Å². The molecule has 0 aliphatic carbocycles. The summed E-state index contributed by atoms with van der Waals surface area (Å²) in [6.07, 6.45) is 0.162. The fourth-order valence-corrected chi connectivity index (χ4v) is 5.08. The number of amidine groups is 1. The summed E-state index contributed by atoms with van der Waals surface area (Å²) >= 11 is 1.46. The van der Waals surface area contributed by atoms with E-state index in [0.29, 0.717) is 24.4 Å². The molecule has 0 spiro atoms. The summed E-state index contributed by atoms with van der Waals surface area (Å²) in [5.41, 5.74) is 4.68. The zero-order chi connectivity index (χ0) is 24.8. The van der Waals surface area contributed by atoms with E-state index in [-0.39, 0.29) is 18.9 Å². The summed E-state index contributed by atoms with van der Waals surface area (Å²) < 4.78 is 10.6. The zero-order valence-corrected chi connectivity index (χ0v) is 20.9. The second-order valence-corrected chi connectivity index (χ2v) is 9.01. The third-order valence-corrected chi connectivity index (χ3v) is 6.57. The van der Waals surface area contributed by atoms with E-state index in [9.17, 15) is 9.59 Å². The van der Waals surface area contributed by atoms with Crippen LogP contribution in [0.3, 0.4) is 0 Å². The molecular formula is C27H29N3O4S. The van der Waals surface area contributed by atoms with E-state index in [1.165, 1.54) is 11.8 Å². The lowest BCUT2D eigenvalue weighted by molar-refractivity contribution is -0.139. The third-order valence-electron chi connectivity index (χ3n) is 5.68. The average molecular weight is 492 g/mol. The van der Waals surface area contributed by atoms with Crippen LogP contribution in [0.4, 0.5) is 0 Å². The monoisotopic (exact) mass is 491 g/mol. The number of rotatable bonds is 9. The number of hydrogen-bond acceptors (Lipinski definition) is 7. The molecule has 4 rings (SSSR count). The lowest BCUT2D eigenvalue weighted by atomic mass is 9.90. The number of fused-ring (bicyclic) bond motifs is 1. The van der Waals surface area contributed by atoms with Crippen molar-refractivity contribution in [1.82, 2.24) is 10.2 Å². The predicted molar refractivity (Wildman–Crippen MR) is 138 cm³/mol.